The van der Waals surface area contributed by atoms with Gasteiger partial charge in [0.15, 0.2) is 0 Å². The van der Waals surface area contributed by atoms with Crippen LogP contribution < -0.4 is 16.8 Å². The number of primary amides is 1. The maximum atomic E-state index is 13.8. The van der Waals surface area contributed by atoms with Gasteiger partial charge in [0, 0.05) is 17.8 Å². The lowest BCUT2D eigenvalue weighted by molar-refractivity contribution is 0.1000. The molecule has 0 atom stereocenters. The summed E-state index contributed by atoms with van der Waals surface area (Å²) in [5.41, 5.74) is 14.0. The molecule has 0 spiro atoms. The molecule has 5 heteroatoms. The number of hydrogen-bond acceptors (Lipinski definition) is 3. The first kappa shape index (κ1) is 13.9. The SMILES string of the molecule is Cc1c(N)cccc1CNc1ccc(C(N)=O)cc1F. The zero-order valence-corrected chi connectivity index (χ0v) is 11.1. The Kier molecular flexibility index (Phi) is 3.89. The van der Waals surface area contributed by atoms with E-state index in [4.69, 9.17) is 11.5 Å². The average molecular weight is 273 g/mol. The fourth-order valence-electron chi connectivity index (χ4n) is 1.90. The van der Waals surface area contributed by atoms with E-state index in [2.05, 4.69) is 5.32 Å². The highest BCUT2D eigenvalue weighted by Crippen LogP contribution is 2.19. The Bertz CT molecular complexity index is 656. The van der Waals surface area contributed by atoms with E-state index >= 15 is 0 Å². The number of nitrogens with two attached hydrogens (primary N) is 2. The van der Waals surface area contributed by atoms with Crippen molar-refractivity contribution >= 4 is 17.3 Å². The Labute approximate surface area is 116 Å². The van der Waals surface area contributed by atoms with Crippen LogP contribution in [0.5, 0.6) is 0 Å². The number of carbonyl (C=O) groups is 1. The van der Waals surface area contributed by atoms with Crippen LogP contribution in [0.3, 0.4) is 0 Å². The van der Waals surface area contributed by atoms with Crippen LogP contribution >= 0.6 is 0 Å². The molecule has 0 fully saturated rings. The minimum Gasteiger partial charge on any atom is -0.399 e. The molecular weight excluding hydrogens is 257 g/mol. The number of amides is 1. The molecule has 0 aromatic heterocycles. The lowest BCUT2D eigenvalue weighted by Gasteiger charge is -2.11. The molecule has 2 rings (SSSR count). The standard InChI is InChI=1S/C15H16FN3O/c1-9-11(3-2-4-13(9)17)8-19-14-6-5-10(15(18)20)7-12(14)16/h2-7,19H,8,17H2,1H3,(H2,18,20). The molecule has 2 aromatic carbocycles. The van der Waals surface area contributed by atoms with Gasteiger partial charge < -0.3 is 16.8 Å². The van der Waals surface area contributed by atoms with Crippen molar-refractivity contribution in [1.29, 1.82) is 0 Å². The first-order chi connectivity index (χ1) is 9.49. The van der Waals surface area contributed by atoms with Gasteiger partial charge in [-0.3, -0.25) is 4.79 Å². The van der Waals surface area contributed by atoms with E-state index in [1.807, 2.05) is 25.1 Å². The molecule has 4 nitrogen and oxygen atoms in total. The van der Waals surface area contributed by atoms with Crippen LogP contribution in [0.15, 0.2) is 36.4 Å². The molecule has 0 heterocycles. The Balaban J connectivity index is 2.15. The molecule has 0 aliphatic heterocycles. The lowest BCUT2D eigenvalue weighted by Crippen LogP contribution is -2.12. The van der Waals surface area contributed by atoms with Gasteiger partial charge in [-0.05, 0) is 42.3 Å². The van der Waals surface area contributed by atoms with E-state index in [-0.39, 0.29) is 5.56 Å². The number of benzene rings is 2. The quantitative estimate of drug-likeness (QED) is 0.748. The van der Waals surface area contributed by atoms with E-state index in [0.29, 0.717) is 17.9 Å². The van der Waals surface area contributed by atoms with Crippen LogP contribution in [-0.4, -0.2) is 5.91 Å². The van der Waals surface area contributed by atoms with E-state index in [1.165, 1.54) is 12.1 Å². The van der Waals surface area contributed by atoms with Gasteiger partial charge in [0.1, 0.15) is 5.82 Å². The summed E-state index contributed by atoms with van der Waals surface area (Å²) in [6.07, 6.45) is 0. The first-order valence-corrected chi connectivity index (χ1v) is 6.16. The van der Waals surface area contributed by atoms with E-state index < -0.39 is 11.7 Å². The molecule has 5 N–H and O–H groups in total. The largest absolute Gasteiger partial charge is 0.399 e. The number of hydrogen-bond donors (Lipinski definition) is 3. The Hall–Kier alpha value is -2.56. The molecule has 104 valence electrons. The molecular formula is C15H16FN3O. The third-order valence-electron chi connectivity index (χ3n) is 3.21. The fraction of sp³-hybridized carbons (Fsp3) is 0.133. The second-order valence-corrected chi connectivity index (χ2v) is 4.54. The normalized spacial score (nSPS) is 10.3. The van der Waals surface area contributed by atoms with Gasteiger partial charge in [-0.2, -0.15) is 0 Å². The second kappa shape index (κ2) is 5.61. The van der Waals surface area contributed by atoms with Crippen LogP contribution in [0, 0.1) is 12.7 Å². The topological polar surface area (TPSA) is 81.1 Å². The van der Waals surface area contributed by atoms with Gasteiger partial charge in [0.2, 0.25) is 5.91 Å². The molecule has 0 bridgehead atoms. The molecule has 0 aliphatic rings. The van der Waals surface area contributed by atoms with Gasteiger partial charge in [0.25, 0.3) is 0 Å². The van der Waals surface area contributed by atoms with Crippen LogP contribution in [0.4, 0.5) is 15.8 Å². The summed E-state index contributed by atoms with van der Waals surface area (Å²) >= 11 is 0. The van der Waals surface area contributed by atoms with Gasteiger partial charge in [0.05, 0.1) is 5.69 Å². The molecule has 0 unspecified atom stereocenters. The minimum absolute atomic E-state index is 0.146. The summed E-state index contributed by atoms with van der Waals surface area (Å²) < 4.78 is 13.8. The smallest absolute Gasteiger partial charge is 0.248 e. The molecule has 1 amide bonds. The van der Waals surface area contributed by atoms with Gasteiger partial charge >= 0.3 is 0 Å². The zero-order chi connectivity index (χ0) is 14.7. The number of rotatable bonds is 4. The average Bonchev–Trinajstić information content (AvgIpc) is 2.41. The summed E-state index contributed by atoms with van der Waals surface area (Å²) in [4.78, 5) is 10.9. The number of anilines is 2. The van der Waals surface area contributed by atoms with E-state index in [0.717, 1.165) is 17.2 Å². The van der Waals surface area contributed by atoms with Crippen molar-refractivity contribution in [2.75, 3.05) is 11.1 Å². The Morgan fingerprint density at radius 1 is 1.30 bits per heavy atom. The molecule has 0 aliphatic carbocycles. The number of nitrogens with one attached hydrogen (secondary N) is 1. The molecule has 0 saturated carbocycles. The fourth-order valence-corrected chi connectivity index (χ4v) is 1.90. The zero-order valence-electron chi connectivity index (χ0n) is 11.1. The van der Waals surface area contributed by atoms with Gasteiger partial charge in [-0.15, -0.1) is 0 Å². The summed E-state index contributed by atoms with van der Waals surface area (Å²) in [7, 11) is 0. The molecule has 20 heavy (non-hydrogen) atoms. The van der Waals surface area contributed by atoms with E-state index in [9.17, 15) is 9.18 Å². The summed E-state index contributed by atoms with van der Waals surface area (Å²) in [5, 5.41) is 2.98. The maximum Gasteiger partial charge on any atom is 0.248 e. The van der Waals surface area contributed by atoms with Crippen molar-refractivity contribution in [1.82, 2.24) is 0 Å². The van der Waals surface area contributed by atoms with Crippen molar-refractivity contribution in [2.24, 2.45) is 5.73 Å². The second-order valence-electron chi connectivity index (χ2n) is 4.54. The monoisotopic (exact) mass is 273 g/mol. The molecule has 0 radical (unpaired) electrons. The predicted molar refractivity (Wildman–Crippen MR) is 77.8 cm³/mol. The van der Waals surface area contributed by atoms with Crippen LogP contribution in [-0.2, 0) is 6.54 Å². The highest BCUT2D eigenvalue weighted by Gasteiger charge is 2.07. The molecule has 2 aromatic rings. The summed E-state index contributed by atoms with van der Waals surface area (Å²) in [6, 6.07) is 9.70. The van der Waals surface area contributed by atoms with Crippen LogP contribution in [0.2, 0.25) is 0 Å². The lowest BCUT2D eigenvalue weighted by atomic mass is 10.1. The Morgan fingerprint density at radius 2 is 2.05 bits per heavy atom. The highest BCUT2D eigenvalue weighted by atomic mass is 19.1. The summed E-state index contributed by atoms with van der Waals surface area (Å²) in [6.45, 7) is 2.36. The van der Waals surface area contributed by atoms with Crippen molar-refractivity contribution < 1.29 is 9.18 Å². The van der Waals surface area contributed by atoms with E-state index in [1.54, 1.807) is 0 Å². The molecule has 0 saturated heterocycles. The van der Waals surface area contributed by atoms with Crippen molar-refractivity contribution in [3.05, 3.63) is 58.9 Å². The van der Waals surface area contributed by atoms with Crippen molar-refractivity contribution in [3.8, 4) is 0 Å². The van der Waals surface area contributed by atoms with Crippen molar-refractivity contribution in [2.45, 2.75) is 13.5 Å². The predicted octanol–water partition coefficient (Wildman–Crippen LogP) is 2.43. The van der Waals surface area contributed by atoms with Crippen LogP contribution in [0.1, 0.15) is 21.5 Å². The number of carbonyl (C=O) groups excluding carboxylic acids is 1. The Morgan fingerprint density at radius 3 is 2.70 bits per heavy atom. The third-order valence-corrected chi connectivity index (χ3v) is 3.21. The summed E-state index contributed by atoms with van der Waals surface area (Å²) in [5.74, 6) is -1.16. The third kappa shape index (κ3) is 2.88. The first-order valence-electron chi connectivity index (χ1n) is 6.16. The van der Waals surface area contributed by atoms with Crippen LogP contribution in [0.25, 0.3) is 0 Å². The minimum atomic E-state index is -0.651. The highest BCUT2D eigenvalue weighted by molar-refractivity contribution is 5.93. The van der Waals surface area contributed by atoms with Gasteiger partial charge in [-0.1, -0.05) is 12.1 Å². The number of halogens is 1. The number of nitrogen functional groups attached to an aromatic ring is 1. The maximum absolute atomic E-state index is 13.8. The van der Waals surface area contributed by atoms with Crippen molar-refractivity contribution in [3.63, 3.8) is 0 Å². The van der Waals surface area contributed by atoms with Gasteiger partial charge in [-0.25, -0.2) is 4.39 Å².